The number of ether oxygens (including phenoxy) is 1. The maximum absolute atomic E-state index is 6.15. The van der Waals surface area contributed by atoms with Crippen LogP contribution in [-0.2, 0) is 6.42 Å². The molecule has 1 aromatic rings. The van der Waals surface area contributed by atoms with E-state index in [4.69, 9.17) is 22.1 Å². The highest BCUT2D eigenvalue weighted by molar-refractivity contribution is 6.31. The maximum Gasteiger partial charge on any atom is 0.120 e. The molecule has 0 aliphatic heterocycles. The van der Waals surface area contributed by atoms with Crippen molar-refractivity contribution >= 4 is 11.6 Å². The van der Waals surface area contributed by atoms with Crippen molar-refractivity contribution in [3.05, 3.63) is 28.8 Å². The first-order chi connectivity index (χ1) is 7.67. The van der Waals surface area contributed by atoms with Crippen molar-refractivity contribution in [2.24, 2.45) is 5.73 Å². The van der Waals surface area contributed by atoms with Gasteiger partial charge in [-0.2, -0.15) is 0 Å². The summed E-state index contributed by atoms with van der Waals surface area (Å²) in [5, 5.41) is 0.782. The van der Waals surface area contributed by atoms with Crippen LogP contribution in [0.15, 0.2) is 18.2 Å². The Kier molecular flexibility index (Phi) is 5.64. The number of nitrogens with two attached hydrogens (primary N) is 1. The van der Waals surface area contributed by atoms with Gasteiger partial charge in [-0.3, -0.25) is 0 Å². The zero-order valence-corrected chi connectivity index (χ0v) is 10.8. The highest BCUT2D eigenvalue weighted by Gasteiger charge is 2.04. The van der Waals surface area contributed by atoms with Crippen molar-refractivity contribution in [3.8, 4) is 5.75 Å². The van der Waals surface area contributed by atoms with E-state index in [0.29, 0.717) is 6.04 Å². The van der Waals surface area contributed by atoms with E-state index in [1.165, 1.54) is 5.56 Å². The molecular weight excluding hydrogens is 222 g/mol. The summed E-state index contributed by atoms with van der Waals surface area (Å²) in [5.74, 6) is 0.805. The van der Waals surface area contributed by atoms with Gasteiger partial charge in [0.2, 0.25) is 0 Å². The molecule has 1 atom stereocenters. The largest absolute Gasteiger partial charge is 0.497 e. The summed E-state index contributed by atoms with van der Waals surface area (Å²) < 4.78 is 5.11. The average molecular weight is 242 g/mol. The molecule has 0 amide bonds. The van der Waals surface area contributed by atoms with Gasteiger partial charge in [0.25, 0.3) is 0 Å². The normalized spacial score (nSPS) is 12.5. The first-order valence-corrected chi connectivity index (χ1v) is 6.13. The Bertz CT molecular complexity index is 328. The quantitative estimate of drug-likeness (QED) is 0.829. The minimum absolute atomic E-state index is 0.317. The van der Waals surface area contributed by atoms with Crippen LogP contribution in [-0.4, -0.2) is 13.2 Å². The number of rotatable bonds is 6. The topological polar surface area (TPSA) is 35.2 Å². The lowest BCUT2D eigenvalue weighted by atomic mass is 10.0. The standard InChI is InChI=1S/C13H20ClNO/c1-3-11(15)6-4-5-10-7-8-12(16-2)9-13(10)14/h7-9,11H,3-6,15H2,1-2H3. The first-order valence-electron chi connectivity index (χ1n) is 5.75. The molecule has 2 N–H and O–H groups in total. The predicted molar refractivity (Wildman–Crippen MR) is 69.2 cm³/mol. The fraction of sp³-hybridized carbons (Fsp3) is 0.538. The summed E-state index contributed by atoms with van der Waals surface area (Å²) in [5.41, 5.74) is 7.04. The van der Waals surface area contributed by atoms with Crippen molar-refractivity contribution in [1.82, 2.24) is 0 Å². The van der Waals surface area contributed by atoms with Gasteiger partial charge in [0.1, 0.15) is 5.75 Å². The molecule has 16 heavy (non-hydrogen) atoms. The third kappa shape index (κ3) is 4.03. The number of methoxy groups -OCH3 is 1. The van der Waals surface area contributed by atoms with Gasteiger partial charge in [-0.1, -0.05) is 24.6 Å². The van der Waals surface area contributed by atoms with E-state index in [1.807, 2.05) is 18.2 Å². The number of benzene rings is 1. The van der Waals surface area contributed by atoms with E-state index in [2.05, 4.69) is 6.92 Å². The molecule has 1 aromatic carbocycles. The van der Waals surface area contributed by atoms with E-state index >= 15 is 0 Å². The molecule has 90 valence electrons. The zero-order valence-electron chi connectivity index (χ0n) is 10.0. The lowest BCUT2D eigenvalue weighted by molar-refractivity contribution is 0.414. The van der Waals surface area contributed by atoms with E-state index in [0.717, 1.165) is 36.5 Å². The van der Waals surface area contributed by atoms with Gasteiger partial charge in [0.05, 0.1) is 7.11 Å². The molecule has 0 heterocycles. The number of aryl methyl sites for hydroxylation is 1. The van der Waals surface area contributed by atoms with Gasteiger partial charge in [0.15, 0.2) is 0 Å². The summed E-state index contributed by atoms with van der Waals surface area (Å²) in [7, 11) is 1.64. The van der Waals surface area contributed by atoms with Gasteiger partial charge in [-0.15, -0.1) is 0 Å². The summed E-state index contributed by atoms with van der Waals surface area (Å²) in [6, 6.07) is 6.15. The van der Waals surface area contributed by atoms with Crippen LogP contribution >= 0.6 is 11.6 Å². The summed E-state index contributed by atoms with van der Waals surface area (Å²) in [6.45, 7) is 2.12. The molecule has 0 aromatic heterocycles. The number of halogens is 1. The SMILES string of the molecule is CCC(N)CCCc1ccc(OC)cc1Cl. The van der Waals surface area contributed by atoms with Crippen LogP contribution in [0.25, 0.3) is 0 Å². The molecule has 0 aliphatic rings. The predicted octanol–water partition coefficient (Wildman–Crippen LogP) is 3.41. The van der Waals surface area contributed by atoms with Crippen molar-refractivity contribution in [2.75, 3.05) is 7.11 Å². The van der Waals surface area contributed by atoms with E-state index in [1.54, 1.807) is 7.11 Å². The van der Waals surface area contributed by atoms with Crippen molar-refractivity contribution < 1.29 is 4.74 Å². The molecule has 1 rings (SSSR count). The van der Waals surface area contributed by atoms with Crippen molar-refractivity contribution in [3.63, 3.8) is 0 Å². The molecule has 0 radical (unpaired) electrons. The molecule has 0 fully saturated rings. The Morgan fingerprint density at radius 1 is 1.44 bits per heavy atom. The van der Waals surface area contributed by atoms with Gasteiger partial charge in [-0.25, -0.2) is 0 Å². The van der Waals surface area contributed by atoms with E-state index in [-0.39, 0.29) is 0 Å². The molecular formula is C13H20ClNO. The van der Waals surface area contributed by atoms with Crippen LogP contribution in [0.1, 0.15) is 31.7 Å². The first kappa shape index (κ1) is 13.3. The maximum atomic E-state index is 6.15. The molecule has 0 saturated carbocycles. The van der Waals surface area contributed by atoms with Gasteiger partial charge < -0.3 is 10.5 Å². The minimum Gasteiger partial charge on any atom is -0.497 e. The number of hydrogen-bond acceptors (Lipinski definition) is 2. The molecule has 0 bridgehead atoms. The second-order valence-electron chi connectivity index (χ2n) is 4.02. The Labute approximate surface area is 103 Å². The van der Waals surface area contributed by atoms with Crippen LogP contribution in [0.3, 0.4) is 0 Å². The zero-order chi connectivity index (χ0) is 12.0. The van der Waals surface area contributed by atoms with E-state index in [9.17, 15) is 0 Å². The highest BCUT2D eigenvalue weighted by atomic mass is 35.5. The molecule has 3 heteroatoms. The molecule has 0 aliphatic carbocycles. The Hall–Kier alpha value is -0.730. The Morgan fingerprint density at radius 3 is 2.75 bits per heavy atom. The van der Waals surface area contributed by atoms with Gasteiger partial charge in [0, 0.05) is 11.1 Å². The van der Waals surface area contributed by atoms with Crippen LogP contribution < -0.4 is 10.5 Å². The van der Waals surface area contributed by atoms with Crippen molar-refractivity contribution in [2.45, 2.75) is 38.6 Å². The lowest BCUT2D eigenvalue weighted by Crippen LogP contribution is -2.18. The van der Waals surface area contributed by atoms with Gasteiger partial charge in [-0.05, 0) is 43.4 Å². The smallest absolute Gasteiger partial charge is 0.120 e. The molecule has 0 spiro atoms. The highest BCUT2D eigenvalue weighted by Crippen LogP contribution is 2.23. The fourth-order valence-corrected chi connectivity index (χ4v) is 1.88. The molecule has 1 unspecified atom stereocenters. The Balaban J connectivity index is 2.48. The second-order valence-corrected chi connectivity index (χ2v) is 4.43. The number of hydrogen-bond donors (Lipinski definition) is 1. The fourth-order valence-electron chi connectivity index (χ4n) is 1.62. The van der Waals surface area contributed by atoms with Crippen molar-refractivity contribution in [1.29, 1.82) is 0 Å². The van der Waals surface area contributed by atoms with Gasteiger partial charge >= 0.3 is 0 Å². The Morgan fingerprint density at radius 2 is 2.19 bits per heavy atom. The van der Waals surface area contributed by atoms with Crippen LogP contribution in [0.5, 0.6) is 5.75 Å². The average Bonchev–Trinajstić information content (AvgIpc) is 2.30. The van der Waals surface area contributed by atoms with Crippen LogP contribution in [0, 0.1) is 0 Å². The van der Waals surface area contributed by atoms with Crippen LogP contribution in [0.4, 0.5) is 0 Å². The molecule has 2 nitrogen and oxygen atoms in total. The summed E-state index contributed by atoms with van der Waals surface area (Å²) in [6.07, 6.45) is 4.16. The summed E-state index contributed by atoms with van der Waals surface area (Å²) >= 11 is 6.15. The monoisotopic (exact) mass is 241 g/mol. The van der Waals surface area contributed by atoms with Crippen LogP contribution in [0.2, 0.25) is 5.02 Å². The summed E-state index contributed by atoms with van der Waals surface area (Å²) in [4.78, 5) is 0. The molecule has 0 saturated heterocycles. The van der Waals surface area contributed by atoms with E-state index < -0.39 is 0 Å². The third-order valence-electron chi connectivity index (χ3n) is 2.81. The second kappa shape index (κ2) is 6.77. The lowest BCUT2D eigenvalue weighted by Gasteiger charge is -2.09. The minimum atomic E-state index is 0.317. The third-order valence-corrected chi connectivity index (χ3v) is 3.16.